The van der Waals surface area contributed by atoms with Crippen molar-refractivity contribution in [1.82, 2.24) is 5.32 Å². The number of rotatable bonds is 6. The van der Waals surface area contributed by atoms with E-state index in [2.05, 4.69) is 11.9 Å². The maximum Gasteiger partial charge on any atom is 0.327 e. The molecule has 2 rings (SSSR count). The first kappa shape index (κ1) is 15.4. The van der Waals surface area contributed by atoms with Gasteiger partial charge in [0.15, 0.2) is 11.5 Å². The summed E-state index contributed by atoms with van der Waals surface area (Å²) < 4.78 is 16.4. The van der Waals surface area contributed by atoms with Gasteiger partial charge in [0.25, 0.3) is 0 Å². The number of benzene rings is 1. The van der Waals surface area contributed by atoms with Crippen LogP contribution in [0.15, 0.2) is 30.9 Å². The maximum atomic E-state index is 12.1. The molecule has 1 heterocycles. The van der Waals surface area contributed by atoms with Crippen LogP contribution in [0.25, 0.3) is 0 Å². The van der Waals surface area contributed by atoms with Gasteiger partial charge in [-0.15, -0.1) is 6.58 Å². The van der Waals surface area contributed by atoms with Crippen molar-refractivity contribution in [1.29, 1.82) is 0 Å². The average molecular weight is 291 g/mol. The number of fused-ring (bicyclic) bond motifs is 1. The van der Waals surface area contributed by atoms with E-state index in [-0.39, 0.29) is 5.97 Å². The Hall–Kier alpha value is -2.01. The first-order chi connectivity index (χ1) is 10.3. The third kappa shape index (κ3) is 3.98. The molecule has 5 nitrogen and oxygen atoms in total. The van der Waals surface area contributed by atoms with Gasteiger partial charge in [0, 0.05) is 13.0 Å². The van der Waals surface area contributed by atoms with Gasteiger partial charge in [0.05, 0.1) is 19.8 Å². The summed E-state index contributed by atoms with van der Waals surface area (Å²) >= 11 is 0. The van der Waals surface area contributed by atoms with Gasteiger partial charge >= 0.3 is 5.97 Å². The third-order valence-corrected chi connectivity index (χ3v) is 3.09. The molecule has 0 aromatic heterocycles. The molecule has 0 spiro atoms. The molecule has 1 aliphatic rings. The molecule has 0 radical (unpaired) electrons. The van der Waals surface area contributed by atoms with Crippen molar-refractivity contribution in [2.24, 2.45) is 0 Å². The molecule has 1 N–H and O–H groups in total. The standard InChI is InChI=1S/C16H21NO4/c1-3-8-17-15(16(18)19-4-2)12-6-7-13-14(11-12)21-10-5-9-20-13/h3,6-7,11,15,17H,1,4-5,8-10H2,2H3. The van der Waals surface area contributed by atoms with E-state index in [1.54, 1.807) is 13.0 Å². The Labute approximate surface area is 124 Å². The van der Waals surface area contributed by atoms with Crippen LogP contribution in [0, 0.1) is 0 Å². The molecular weight excluding hydrogens is 270 g/mol. The van der Waals surface area contributed by atoms with Gasteiger partial charge in [-0.1, -0.05) is 12.1 Å². The van der Waals surface area contributed by atoms with E-state index in [0.717, 1.165) is 12.0 Å². The number of ether oxygens (including phenoxy) is 3. The zero-order valence-corrected chi connectivity index (χ0v) is 12.3. The Bertz CT molecular complexity index is 501. The number of hydrogen-bond acceptors (Lipinski definition) is 5. The van der Waals surface area contributed by atoms with Crippen LogP contribution in [0.3, 0.4) is 0 Å². The van der Waals surface area contributed by atoms with Crippen molar-refractivity contribution in [3.63, 3.8) is 0 Å². The van der Waals surface area contributed by atoms with Crippen LogP contribution in [0.4, 0.5) is 0 Å². The maximum absolute atomic E-state index is 12.1. The lowest BCUT2D eigenvalue weighted by atomic mass is 10.1. The van der Waals surface area contributed by atoms with E-state index in [1.807, 2.05) is 18.2 Å². The number of carbonyl (C=O) groups excluding carboxylic acids is 1. The molecule has 1 aliphatic heterocycles. The van der Waals surface area contributed by atoms with Crippen molar-refractivity contribution in [3.8, 4) is 11.5 Å². The van der Waals surface area contributed by atoms with Gasteiger partial charge in [-0.3, -0.25) is 5.32 Å². The van der Waals surface area contributed by atoms with Crippen molar-refractivity contribution in [2.45, 2.75) is 19.4 Å². The molecular formula is C16H21NO4. The summed E-state index contributed by atoms with van der Waals surface area (Å²) in [5.41, 5.74) is 0.791. The van der Waals surface area contributed by atoms with Crippen LogP contribution in [-0.2, 0) is 9.53 Å². The van der Waals surface area contributed by atoms with Gasteiger partial charge in [0.1, 0.15) is 6.04 Å². The van der Waals surface area contributed by atoms with Crippen molar-refractivity contribution in [2.75, 3.05) is 26.4 Å². The lowest BCUT2D eigenvalue weighted by Gasteiger charge is -2.18. The largest absolute Gasteiger partial charge is 0.490 e. The lowest BCUT2D eigenvalue weighted by Crippen LogP contribution is -2.30. The first-order valence-electron chi connectivity index (χ1n) is 7.16. The Morgan fingerprint density at radius 3 is 2.90 bits per heavy atom. The topological polar surface area (TPSA) is 56.8 Å². The zero-order valence-electron chi connectivity index (χ0n) is 12.3. The second-order valence-electron chi connectivity index (χ2n) is 4.64. The molecule has 0 fully saturated rings. The van der Waals surface area contributed by atoms with E-state index in [0.29, 0.717) is 37.9 Å². The molecule has 0 amide bonds. The normalized spacial score (nSPS) is 14.9. The van der Waals surface area contributed by atoms with Gasteiger partial charge < -0.3 is 14.2 Å². The smallest absolute Gasteiger partial charge is 0.327 e. The monoisotopic (exact) mass is 291 g/mol. The minimum Gasteiger partial charge on any atom is -0.490 e. The molecule has 0 saturated heterocycles. The first-order valence-corrected chi connectivity index (χ1v) is 7.16. The molecule has 114 valence electrons. The highest BCUT2D eigenvalue weighted by atomic mass is 16.5. The van der Waals surface area contributed by atoms with E-state index in [4.69, 9.17) is 14.2 Å². The van der Waals surface area contributed by atoms with Crippen LogP contribution in [0.1, 0.15) is 24.9 Å². The molecule has 1 unspecified atom stereocenters. The van der Waals surface area contributed by atoms with Crippen molar-refractivity contribution < 1.29 is 19.0 Å². The molecule has 0 saturated carbocycles. The fourth-order valence-electron chi connectivity index (χ4n) is 2.12. The molecule has 1 aromatic rings. The summed E-state index contributed by atoms with van der Waals surface area (Å²) in [6, 6.07) is 4.97. The fraction of sp³-hybridized carbons (Fsp3) is 0.438. The number of esters is 1. The van der Waals surface area contributed by atoms with Crippen LogP contribution < -0.4 is 14.8 Å². The Morgan fingerprint density at radius 1 is 1.43 bits per heavy atom. The minimum absolute atomic E-state index is 0.311. The van der Waals surface area contributed by atoms with Gasteiger partial charge in [0.2, 0.25) is 0 Å². The summed E-state index contributed by atoms with van der Waals surface area (Å²) in [7, 11) is 0. The van der Waals surface area contributed by atoms with Crippen LogP contribution in [0.5, 0.6) is 11.5 Å². The molecule has 0 aliphatic carbocycles. The number of nitrogens with one attached hydrogen (secondary N) is 1. The molecule has 5 heteroatoms. The SMILES string of the molecule is C=CCNC(C(=O)OCC)c1ccc2c(c1)OCCCO2. The summed E-state index contributed by atoms with van der Waals surface area (Å²) in [4.78, 5) is 12.1. The Balaban J connectivity index is 2.24. The van der Waals surface area contributed by atoms with E-state index < -0.39 is 6.04 Å². The zero-order chi connectivity index (χ0) is 15.1. The minimum atomic E-state index is -0.542. The highest BCUT2D eigenvalue weighted by molar-refractivity contribution is 5.78. The summed E-state index contributed by atoms with van der Waals surface area (Å²) in [6.45, 7) is 7.55. The van der Waals surface area contributed by atoms with Crippen LogP contribution >= 0.6 is 0 Å². The van der Waals surface area contributed by atoms with E-state index in [1.165, 1.54) is 0 Å². The predicted octanol–water partition coefficient (Wildman–Crippen LogP) is 2.23. The van der Waals surface area contributed by atoms with Crippen molar-refractivity contribution >= 4 is 5.97 Å². The predicted molar refractivity (Wildman–Crippen MR) is 79.6 cm³/mol. The van der Waals surface area contributed by atoms with Crippen LogP contribution in [-0.4, -0.2) is 32.3 Å². The molecule has 21 heavy (non-hydrogen) atoms. The average Bonchev–Trinajstić information content (AvgIpc) is 2.72. The van der Waals surface area contributed by atoms with Crippen molar-refractivity contribution in [3.05, 3.63) is 36.4 Å². The Morgan fingerprint density at radius 2 is 2.19 bits per heavy atom. The fourth-order valence-corrected chi connectivity index (χ4v) is 2.12. The summed E-state index contributed by atoms with van der Waals surface area (Å²) in [6.07, 6.45) is 2.55. The third-order valence-electron chi connectivity index (χ3n) is 3.09. The van der Waals surface area contributed by atoms with Crippen LogP contribution in [0.2, 0.25) is 0 Å². The molecule has 1 aromatic carbocycles. The summed E-state index contributed by atoms with van der Waals surface area (Å²) in [5, 5.41) is 3.10. The molecule has 0 bridgehead atoms. The quantitative estimate of drug-likeness (QED) is 0.643. The van der Waals surface area contributed by atoms with Gasteiger partial charge in [-0.2, -0.15) is 0 Å². The lowest BCUT2D eigenvalue weighted by molar-refractivity contribution is -0.145. The number of carbonyl (C=O) groups is 1. The van der Waals surface area contributed by atoms with Gasteiger partial charge in [-0.25, -0.2) is 4.79 Å². The molecule has 1 atom stereocenters. The van der Waals surface area contributed by atoms with Gasteiger partial charge in [-0.05, 0) is 24.6 Å². The highest BCUT2D eigenvalue weighted by Crippen LogP contribution is 2.32. The second-order valence-corrected chi connectivity index (χ2v) is 4.64. The summed E-state index contributed by atoms with van der Waals surface area (Å²) in [5.74, 6) is 1.07. The van der Waals surface area contributed by atoms with E-state index >= 15 is 0 Å². The number of hydrogen-bond donors (Lipinski definition) is 1. The highest BCUT2D eigenvalue weighted by Gasteiger charge is 2.23. The second kappa shape index (κ2) is 7.69. The Kier molecular flexibility index (Phi) is 5.63. The van der Waals surface area contributed by atoms with E-state index in [9.17, 15) is 4.79 Å².